The first kappa shape index (κ1) is 13.1. The Hall–Kier alpha value is -0.950. The third-order valence-electron chi connectivity index (χ3n) is 4.03. The van der Waals surface area contributed by atoms with E-state index in [1.165, 1.54) is 0 Å². The third kappa shape index (κ3) is 1.82. The van der Waals surface area contributed by atoms with Crippen molar-refractivity contribution >= 4 is 10.0 Å². The molecule has 0 saturated carbocycles. The average molecular weight is 285 g/mol. The minimum absolute atomic E-state index is 0.181. The van der Waals surface area contributed by atoms with E-state index in [1.54, 1.807) is 4.31 Å². The molecule has 0 spiro atoms. The quantitative estimate of drug-likeness (QED) is 0.779. The number of fused-ring (bicyclic) bond motifs is 1. The van der Waals surface area contributed by atoms with E-state index in [2.05, 4.69) is 10.1 Å². The molecule has 2 saturated heterocycles. The lowest BCUT2D eigenvalue weighted by Gasteiger charge is -2.25. The molecule has 2 fully saturated rings. The predicted octanol–water partition coefficient (Wildman–Crippen LogP) is 1.39. The van der Waals surface area contributed by atoms with E-state index in [1.807, 2.05) is 20.8 Å². The van der Waals surface area contributed by atoms with E-state index in [9.17, 15) is 8.42 Å². The van der Waals surface area contributed by atoms with Gasteiger partial charge in [-0.1, -0.05) is 25.9 Å². The first-order valence-corrected chi connectivity index (χ1v) is 8.22. The molecule has 2 aliphatic rings. The Kier molecular flexibility index (Phi) is 2.60. The van der Waals surface area contributed by atoms with Crippen molar-refractivity contribution in [1.82, 2.24) is 14.4 Å². The second-order valence-corrected chi connectivity index (χ2v) is 8.46. The van der Waals surface area contributed by atoms with E-state index in [0.29, 0.717) is 24.7 Å². The predicted molar refractivity (Wildman–Crippen MR) is 69.0 cm³/mol. The molecule has 2 aliphatic heterocycles. The van der Waals surface area contributed by atoms with Gasteiger partial charge in [-0.3, -0.25) is 0 Å². The van der Waals surface area contributed by atoms with Gasteiger partial charge in [0, 0.05) is 12.0 Å². The number of sulfonamides is 1. The normalized spacial score (nSPS) is 30.7. The van der Waals surface area contributed by atoms with Gasteiger partial charge >= 0.3 is 0 Å². The van der Waals surface area contributed by atoms with Crippen molar-refractivity contribution in [2.24, 2.45) is 0 Å². The summed E-state index contributed by atoms with van der Waals surface area (Å²) >= 11 is 0. The maximum absolute atomic E-state index is 12.1. The SMILES string of the molecule is CC(C)(C)c1noc(C23CCCN2S(=O)(=O)CC3)n1. The van der Waals surface area contributed by atoms with Crippen LogP contribution in [0.3, 0.4) is 0 Å². The van der Waals surface area contributed by atoms with E-state index < -0.39 is 15.6 Å². The van der Waals surface area contributed by atoms with Crippen molar-refractivity contribution in [1.29, 1.82) is 0 Å². The summed E-state index contributed by atoms with van der Waals surface area (Å²) < 4.78 is 31.1. The summed E-state index contributed by atoms with van der Waals surface area (Å²) in [6.45, 7) is 6.60. The molecule has 0 N–H and O–H groups in total. The van der Waals surface area contributed by atoms with Gasteiger partial charge < -0.3 is 4.52 Å². The molecule has 0 aromatic carbocycles. The Morgan fingerprint density at radius 2 is 2.05 bits per heavy atom. The fourth-order valence-electron chi connectivity index (χ4n) is 2.95. The van der Waals surface area contributed by atoms with Crippen molar-refractivity contribution in [2.45, 2.75) is 51.0 Å². The van der Waals surface area contributed by atoms with Crippen LogP contribution in [0.2, 0.25) is 0 Å². The van der Waals surface area contributed by atoms with E-state index in [0.717, 1.165) is 12.8 Å². The van der Waals surface area contributed by atoms with Gasteiger partial charge in [0.05, 0.1) is 5.75 Å². The summed E-state index contributed by atoms with van der Waals surface area (Å²) in [5, 5.41) is 4.03. The topological polar surface area (TPSA) is 76.3 Å². The van der Waals surface area contributed by atoms with Crippen molar-refractivity contribution in [3.63, 3.8) is 0 Å². The van der Waals surface area contributed by atoms with Gasteiger partial charge in [-0.05, 0) is 19.3 Å². The zero-order valence-electron chi connectivity index (χ0n) is 11.5. The minimum Gasteiger partial charge on any atom is -0.337 e. The van der Waals surface area contributed by atoms with Gasteiger partial charge in [0.1, 0.15) is 5.54 Å². The third-order valence-corrected chi connectivity index (χ3v) is 5.96. The van der Waals surface area contributed by atoms with Crippen LogP contribution in [0.15, 0.2) is 4.52 Å². The number of nitrogens with zero attached hydrogens (tertiary/aromatic N) is 3. The first-order valence-electron chi connectivity index (χ1n) is 6.61. The summed E-state index contributed by atoms with van der Waals surface area (Å²) in [6, 6.07) is 0. The summed E-state index contributed by atoms with van der Waals surface area (Å²) in [7, 11) is -3.15. The number of hydrogen-bond donors (Lipinski definition) is 0. The van der Waals surface area contributed by atoms with Crippen LogP contribution in [0, 0.1) is 0 Å². The smallest absolute Gasteiger partial charge is 0.248 e. The van der Waals surface area contributed by atoms with Crippen molar-refractivity contribution in [2.75, 3.05) is 12.3 Å². The molecule has 106 valence electrons. The molecular weight excluding hydrogens is 266 g/mol. The van der Waals surface area contributed by atoms with Crippen molar-refractivity contribution in [3.8, 4) is 0 Å². The van der Waals surface area contributed by atoms with Gasteiger partial charge in [-0.25, -0.2) is 8.42 Å². The summed E-state index contributed by atoms with van der Waals surface area (Å²) in [5.41, 5.74) is -0.769. The lowest BCUT2D eigenvalue weighted by molar-refractivity contribution is 0.188. The highest BCUT2D eigenvalue weighted by Crippen LogP contribution is 2.47. The molecule has 3 rings (SSSR count). The van der Waals surface area contributed by atoms with Crippen molar-refractivity contribution < 1.29 is 12.9 Å². The van der Waals surface area contributed by atoms with Crippen LogP contribution in [0.1, 0.15) is 51.7 Å². The summed E-state index contributed by atoms with van der Waals surface area (Å²) in [5.74, 6) is 1.28. The second kappa shape index (κ2) is 3.79. The fourth-order valence-corrected chi connectivity index (χ4v) is 4.97. The number of aromatic nitrogens is 2. The Bertz CT molecular complexity index is 602. The molecular formula is C12H19N3O3S. The number of rotatable bonds is 1. The molecule has 0 bridgehead atoms. The zero-order chi connectivity index (χ0) is 13.9. The van der Waals surface area contributed by atoms with Gasteiger partial charge in [0.25, 0.3) is 0 Å². The van der Waals surface area contributed by atoms with Crippen molar-refractivity contribution in [3.05, 3.63) is 11.7 Å². The maximum Gasteiger partial charge on any atom is 0.248 e. The molecule has 0 aliphatic carbocycles. The minimum atomic E-state index is -3.15. The second-order valence-electron chi connectivity index (χ2n) is 6.45. The van der Waals surface area contributed by atoms with Gasteiger partial charge in [0.15, 0.2) is 5.82 Å². The molecule has 1 aromatic heterocycles. The summed E-state index contributed by atoms with van der Waals surface area (Å²) in [4.78, 5) is 4.48. The summed E-state index contributed by atoms with van der Waals surface area (Å²) in [6.07, 6.45) is 2.19. The Morgan fingerprint density at radius 3 is 2.68 bits per heavy atom. The largest absolute Gasteiger partial charge is 0.337 e. The lowest BCUT2D eigenvalue weighted by Crippen LogP contribution is -2.38. The van der Waals surface area contributed by atoms with Crippen LogP contribution < -0.4 is 0 Å². The van der Waals surface area contributed by atoms with Gasteiger partial charge in [-0.15, -0.1) is 0 Å². The number of hydrogen-bond acceptors (Lipinski definition) is 5. The van der Waals surface area contributed by atoms with Crippen LogP contribution in [0.5, 0.6) is 0 Å². The van der Waals surface area contributed by atoms with Crippen LogP contribution in [-0.2, 0) is 21.0 Å². The Labute approximate surface area is 113 Å². The standard InChI is InChI=1S/C12H19N3O3S/c1-11(2,3)9-13-10(18-14-9)12-5-4-7-15(12)19(16,17)8-6-12/h4-8H2,1-3H3. The highest BCUT2D eigenvalue weighted by molar-refractivity contribution is 7.89. The van der Waals surface area contributed by atoms with Crippen LogP contribution in [0.25, 0.3) is 0 Å². The van der Waals surface area contributed by atoms with Crippen LogP contribution in [-0.4, -0.2) is 35.2 Å². The first-order chi connectivity index (χ1) is 8.76. The van der Waals surface area contributed by atoms with E-state index >= 15 is 0 Å². The fraction of sp³-hybridized carbons (Fsp3) is 0.833. The molecule has 1 aromatic rings. The maximum atomic E-state index is 12.1. The van der Waals surface area contributed by atoms with Gasteiger partial charge in [0.2, 0.25) is 15.9 Å². The van der Waals surface area contributed by atoms with Gasteiger partial charge in [-0.2, -0.15) is 9.29 Å². The molecule has 6 nitrogen and oxygen atoms in total. The Morgan fingerprint density at radius 1 is 1.32 bits per heavy atom. The highest BCUT2D eigenvalue weighted by atomic mass is 32.2. The highest BCUT2D eigenvalue weighted by Gasteiger charge is 2.57. The zero-order valence-corrected chi connectivity index (χ0v) is 12.3. The molecule has 3 heterocycles. The average Bonchev–Trinajstić information content (AvgIpc) is 2.95. The van der Waals surface area contributed by atoms with Crippen LogP contribution in [0.4, 0.5) is 0 Å². The van der Waals surface area contributed by atoms with E-state index in [4.69, 9.17) is 4.52 Å². The molecule has 7 heteroatoms. The molecule has 1 unspecified atom stereocenters. The van der Waals surface area contributed by atoms with Crippen LogP contribution >= 0.6 is 0 Å². The lowest BCUT2D eigenvalue weighted by atomic mass is 9.93. The monoisotopic (exact) mass is 285 g/mol. The molecule has 0 radical (unpaired) electrons. The molecule has 0 amide bonds. The Balaban J connectivity index is 2.04. The molecule has 19 heavy (non-hydrogen) atoms. The van der Waals surface area contributed by atoms with E-state index in [-0.39, 0.29) is 11.2 Å². The molecule has 1 atom stereocenters.